The van der Waals surface area contributed by atoms with E-state index in [4.69, 9.17) is 32.6 Å². The van der Waals surface area contributed by atoms with Gasteiger partial charge in [-0.3, -0.25) is 4.84 Å². The molecule has 9 nitrogen and oxygen atoms in total. The van der Waals surface area contributed by atoms with E-state index >= 15 is 0 Å². The average Bonchev–Trinajstić information content (AvgIpc) is 3.40. The first kappa shape index (κ1) is 21.4. The van der Waals surface area contributed by atoms with E-state index in [1.165, 1.54) is 18.2 Å². The van der Waals surface area contributed by atoms with Crippen molar-refractivity contribution >= 4 is 23.8 Å². The molecule has 1 fully saturated rings. The summed E-state index contributed by atoms with van der Waals surface area (Å²) in [6.07, 6.45) is -0.419. The van der Waals surface area contributed by atoms with Crippen molar-refractivity contribution in [2.75, 3.05) is 19.7 Å². The first-order valence-electron chi connectivity index (χ1n) is 9.78. The molecule has 1 aliphatic carbocycles. The van der Waals surface area contributed by atoms with Crippen LogP contribution in [0.2, 0.25) is 5.15 Å². The van der Waals surface area contributed by atoms with Crippen LogP contribution < -0.4 is 16.2 Å². The van der Waals surface area contributed by atoms with Gasteiger partial charge in [0.15, 0.2) is 12.3 Å². The Balaban J connectivity index is 1.82. The Bertz CT molecular complexity index is 1050. The lowest BCUT2D eigenvalue weighted by Crippen LogP contribution is -2.57. The number of hydrogen-bond acceptors (Lipinski definition) is 5. The van der Waals surface area contributed by atoms with Crippen molar-refractivity contribution < 1.29 is 33.3 Å². The Morgan fingerprint density at radius 3 is 2.61 bits per heavy atom. The number of carbonyl (C=O) groups is 2. The Labute approximate surface area is 182 Å². The van der Waals surface area contributed by atoms with Gasteiger partial charge in [-0.25, -0.2) is 14.0 Å². The van der Waals surface area contributed by atoms with E-state index < -0.39 is 18.0 Å². The van der Waals surface area contributed by atoms with Crippen molar-refractivity contribution in [2.24, 2.45) is 16.9 Å². The molecule has 31 heavy (non-hydrogen) atoms. The molecule has 1 aliphatic heterocycles. The molecule has 0 saturated heterocycles. The number of ether oxygens (including phenoxy) is 1. The molecule has 166 valence electrons. The number of halogens is 2. The normalized spacial score (nSPS) is 21.3. The van der Waals surface area contributed by atoms with Crippen LogP contribution in [0.3, 0.4) is 0 Å². The fourth-order valence-electron chi connectivity index (χ4n) is 4.33. The summed E-state index contributed by atoms with van der Waals surface area (Å²) in [6, 6.07) is 5.71. The van der Waals surface area contributed by atoms with Gasteiger partial charge in [0.05, 0.1) is 18.7 Å². The van der Waals surface area contributed by atoms with Crippen LogP contribution in [0.5, 0.6) is 5.75 Å². The van der Waals surface area contributed by atoms with E-state index in [1.54, 1.807) is 10.6 Å². The third-order valence-corrected chi connectivity index (χ3v) is 6.34. The maximum Gasteiger partial charge on any atom is 0.459 e. The third kappa shape index (κ3) is 4.06. The van der Waals surface area contributed by atoms with Gasteiger partial charge in [0.1, 0.15) is 29.8 Å². The van der Waals surface area contributed by atoms with Gasteiger partial charge in [0.2, 0.25) is 0 Å². The molecule has 1 saturated carbocycles. The largest absolute Gasteiger partial charge is 0.459 e. The van der Waals surface area contributed by atoms with E-state index in [9.17, 15) is 19.1 Å². The van der Waals surface area contributed by atoms with Crippen LogP contribution in [0.1, 0.15) is 18.5 Å². The number of aliphatic hydroxyl groups is 1. The topological polar surface area (TPSA) is 130 Å². The zero-order valence-electron chi connectivity index (χ0n) is 16.6. The second kappa shape index (κ2) is 7.70. The number of benzene rings is 1. The maximum absolute atomic E-state index is 13.9. The minimum atomic E-state index is -1.06. The SMILES string of the molecule is NC(=O)Oc1c(-c2cccc(F)c2)c(Cl)n2c1C[N+](CC1(CO)CC1)(OC(N)=O)CC2. The molecular weight excluding hydrogens is 431 g/mol. The summed E-state index contributed by atoms with van der Waals surface area (Å²) >= 11 is 6.62. The van der Waals surface area contributed by atoms with E-state index in [0.717, 1.165) is 12.8 Å². The number of aromatic nitrogens is 1. The Kier molecular flexibility index (Phi) is 5.32. The fourth-order valence-corrected chi connectivity index (χ4v) is 4.71. The fraction of sp³-hybridized carbons (Fsp3) is 0.400. The van der Waals surface area contributed by atoms with E-state index in [1.807, 2.05) is 0 Å². The number of aliphatic hydroxyl groups excluding tert-OH is 1. The molecule has 2 aliphatic rings. The van der Waals surface area contributed by atoms with Gasteiger partial charge >= 0.3 is 12.2 Å². The summed E-state index contributed by atoms with van der Waals surface area (Å²) in [6.45, 7) is 1.04. The number of rotatable bonds is 6. The lowest BCUT2D eigenvalue weighted by molar-refractivity contribution is -1.10. The number of amides is 2. The molecule has 1 aromatic carbocycles. The highest BCUT2D eigenvalue weighted by Crippen LogP contribution is 2.50. The first-order valence-corrected chi connectivity index (χ1v) is 10.2. The first-order chi connectivity index (χ1) is 14.7. The van der Waals surface area contributed by atoms with Crippen LogP contribution in [0.25, 0.3) is 11.1 Å². The van der Waals surface area contributed by atoms with Crippen molar-refractivity contribution in [3.05, 3.63) is 40.9 Å². The number of hydrogen-bond donors (Lipinski definition) is 3. The highest BCUT2D eigenvalue weighted by atomic mass is 35.5. The van der Waals surface area contributed by atoms with E-state index in [-0.39, 0.29) is 34.1 Å². The number of carbonyl (C=O) groups excluding carboxylic acids is 2. The number of quaternary nitrogens is 1. The van der Waals surface area contributed by atoms with Gasteiger partial charge in [-0.2, -0.15) is 0 Å². The Morgan fingerprint density at radius 1 is 1.29 bits per heavy atom. The van der Waals surface area contributed by atoms with Gasteiger partial charge in [0.25, 0.3) is 0 Å². The van der Waals surface area contributed by atoms with E-state index in [2.05, 4.69) is 0 Å². The molecule has 1 atom stereocenters. The zero-order chi connectivity index (χ0) is 22.4. The van der Waals surface area contributed by atoms with Gasteiger partial charge in [0, 0.05) is 5.41 Å². The summed E-state index contributed by atoms with van der Waals surface area (Å²) in [5.74, 6) is -0.407. The highest BCUT2D eigenvalue weighted by Gasteiger charge is 2.54. The second-order valence-electron chi connectivity index (χ2n) is 8.19. The van der Waals surface area contributed by atoms with Gasteiger partial charge < -0.3 is 25.9 Å². The van der Waals surface area contributed by atoms with Crippen LogP contribution in [0.4, 0.5) is 14.0 Å². The summed E-state index contributed by atoms with van der Waals surface area (Å²) in [5.41, 5.74) is 11.5. The molecule has 0 radical (unpaired) electrons. The van der Waals surface area contributed by atoms with Crippen molar-refractivity contribution in [1.29, 1.82) is 0 Å². The van der Waals surface area contributed by atoms with Crippen molar-refractivity contribution in [3.8, 4) is 16.9 Å². The molecule has 2 heterocycles. The molecule has 4 rings (SSSR count). The summed E-state index contributed by atoms with van der Waals surface area (Å²) in [7, 11) is 0. The minimum Gasteiger partial charge on any atom is -0.408 e. The molecule has 1 unspecified atom stereocenters. The third-order valence-electron chi connectivity index (χ3n) is 5.94. The number of primary amides is 2. The van der Waals surface area contributed by atoms with Crippen LogP contribution >= 0.6 is 11.6 Å². The van der Waals surface area contributed by atoms with Crippen molar-refractivity contribution in [2.45, 2.75) is 25.9 Å². The minimum absolute atomic E-state index is 0.0456. The Hall–Kier alpha value is -2.82. The highest BCUT2D eigenvalue weighted by molar-refractivity contribution is 6.33. The Morgan fingerprint density at radius 2 is 2.03 bits per heavy atom. The lowest BCUT2D eigenvalue weighted by atomic mass is 10.1. The van der Waals surface area contributed by atoms with Crippen molar-refractivity contribution in [3.63, 3.8) is 0 Å². The van der Waals surface area contributed by atoms with Crippen molar-refractivity contribution in [1.82, 2.24) is 4.57 Å². The smallest absolute Gasteiger partial charge is 0.408 e. The van der Waals surface area contributed by atoms with Crippen LogP contribution in [-0.4, -0.2) is 46.2 Å². The number of hydroxylamine groups is 3. The number of nitrogens with two attached hydrogens (primary N) is 2. The molecule has 11 heteroatoms. The molecule has 0 bridgehead atoms. The zero-order valence-corrected chi connectivity index (χ0v) is 17.4. The molecule has 2 aromatic rings. The lowest BCUT2D eigenvalue weighted by Gasteiger charge is -2.39. The number of fused-ring (bicyclic) bond motifs is 1. The van der Waals surface area contributed by atoms with Gasteiger partial charge in [-0.15, -0.1) is 4.65 Å². The quantitative estimate of drug-likeness (QED) is 0.578. The van der Waals surface area contributed by atoms with Gasteiger partial charge in [-0.05, 0) is 30.5 Å². The molecular formula is C20H23ClFN4O5+. The predicted octanol–water partition coefficient (Wildman–Crippen LogP) is 2.52. The van der Waals surface area contributed by atoms with Crippen LogP contribution in [0, 0.1) is 11.2 Å². The summed E-state index contributed by atoms with van der Waals surface area (Å²) in [5, 5.41) is 10.0. The van der Waals surface area contributed by atoms with E-state index in [0.29, 0.717) is 36.5 Å². The molecule has 1 aromatic heterocycles. The predicted molar refractivity (Wildman–Crippen MR) is 108 cm³/mol. The second-order valence-corrected chi connectivity index (χ2v) is 8.55. The average molecular weight is 454 g/mol. The van der Waals surface area contributed by atoms with Crippen LogP contribution in [0.15, 0.2) is 24.3 Å². The number of nitrogens with zero attached hydrogens (tertiary/aromatic N) is 2. The molecule has 0 spiro atoms. The molecule has 2 amide bonds. The standard InChI is InChI=1S/C20H22ClFN4O5/c21-17-15(12-2-1-3-13(22)8-12)16(30-18(23)28)14-9-26(31-19(24)29,7-6-25(14)17)10-20(11-27)4-5-20/h1-3,8,27H,4-7,9-11H2,(H3-,23,24,28,29)/p+1. The summed E-state index contributed by atoms with van der Waals surface area (Å²) in [4.78, 5) is 28.9. The summed E-state index contributed by atoms with van der Waals surface area (Å²) < 4.78 is 20.7. The van der Waals surface area contributed by atoms with Crippen LogP contribution in [-0.2, 0) is 17.9 Å². The molecule has 5 N–H and O–H groups in total. The monoisotopic (exact) mass is 453 g/mol. The maximum atomic E-state index is 13.9. The van der Waals surface area contributed by atoms with Gasteiger partial charge in [-0.1, -0.05) is 23.7 Å².